The molecule has 2 rings (SSSR count). The standard InChI is InChI=1S/C19H35N5S/c1-5-20-19(22-12-18-23-17(14-25-18)15(2)3)21-9-7-11-24-10-6-8-16(4)13-24/h14-16H,5-13H2,1-4H3,(H2,20,21,22). The molecule has 1 aliphatic rings. The Morgan fingerprint density at radius 1 is 1.44 bits per heavy atom. The molecule has 6 heteroatoms. The number of nitrogens with zero attached hydrogens (tertiary/aromatic N) is 3. The molecule has 1 fully saturated rings. The molecule has 1 aliphatic heterocycles. The van der Waals surface area contributed by atoms with Crippen LogP contribution in [0.25, 0.3) is 0 Å². The summed E-state index contributed by atoms with van der Waals surface area (Å²) in [4.78, 5) is 11.9. The highest BCUT2D eigenvalue weighted by Crippen LogP contribution is 2.18. The van der Waals surface area contributed by atoms with Crippen molar-refractivity contribution in [1.82, 2.24) is 20.5 Å². The second kappa shape index (κ2) is 10.8. The van der Waals surface area contributed by atoms with E-state index >= 15 is 0 Å². The van der Waals surface area contributed by atoms with E-state index in [1.54, 1.807) is 11.3 Å². The van der Waals surface area contributed by atoms with Crippen molar-refractivity contribution in [3.63, 3.8) is 0 Å². The number of rotatable bonds is 8. The van der Waals surface area contributed by atoms with Crippen LogP contribution < -0.4 is 10.6 Å². The fourth-order valence-corrected chi connectivity index (χ4v) is 4.03. The number of hydrogen-bond acceptors (Lipinski definition) is 4. The first-order chi connectivity index (χ1) is 12.1. The van der Waals surface area contributed by atoms with Crippen LogP contribution in [0.3, 0.4) is 0 Å². The molecule has 0 spiro atoms. The van der Waals surface area contributed by atoms with Gasteiger partial charge in [0.05, 0.1) is 12.2 Å². The Kier molecular flexibility index (Phi) is 8.68. The van der Waals surface area contributed by atoms with Crippen molar-refractivity contribution in [2.75, 3.05) is 32.7 Å². The zero-order valence-corrected chi connectivity index (χ0v) is 17.2. The largest absolute Gasteiger partial charge is 0.357 e. The zero-order chi connectivity index (χ0) is 18.1. The molecule has 2 N–H and O–H groups in total. The molecule has 1 atom stereocenters. The number of guanidine groups is 1. The van der Waals surface area contributed by atoms with Gasteiger partial charge in [-0.15, -0.1) is 11.3 Å². The van der Waals surface area contributed by atoms with Crippen LogP contribution in [0.15, 0.2) is 10.4 Å². The van der Waals surface area contributed by atoms with Crippen LogP contribution in [0.4, 0.5) is 0 Å². The minimum Gasteiger partial charge on any atom is -0.357 e. The zero-order valence-electron chi connectivity index (χ0n) is 16.3. The third kappa shape index (κ3) is 7.32. The second-order valence-electron chi connectivity index (χ2n) is 7.34. The number of nitrogens with one attached hydrogen (secondary N) is 2. The highest BCUT2D eigenvalue weighted by Gasteiger charge is 2.15. The fraction of sp³-hybridized carbons (Fsp3) is 0.789. The minimum absolute atomic E-state index is 0.484. The molecule has 1 saturated heterocycles. The molecule has 5 nitrogen and oxygen atoms in total. The minimum atomic E-state index is 0.484. The Bertz CT molecular complexity index is 526. The molecule has 1 aromatic heterocycles. The maximum atomic E-state index is 4.68. The Balaban J connectivity index is 1.73. The first-order valence-corrected chi connectivity index (χ1v) is 10.6. The maximum absolute atomic E-state index is 4.68. The maximum Gasteiger partial charge on any atom is 0.191 e. The lowest BCUT2D eigenvalue weighted by molar-refractivity contribution is 0.182. The van der Waals surface area contributed by atoms with E-state index in [1.165, 1.54) is 38.2 Å². The van der Waals surface area contributed by atoms with E-state index in [2.05, 4.69) is 58.6 Å². The summed E-state index contributed by atoms with van der Waals surface area (Å²) in [7, 11) is 0. The van der Waals surface area contributed by atoms with Crippen LogP contribution in [0.5, 0.6) is 0 Å². The van der Waals surface area contributed by atoms with Gasteiger partial charge in [-0.2, -0.15) is 0 Å². The lowest BCUT2D eigenvalue weighted by atomic mass is 10.0. The van der Waals surface area contributed by atoms with Gasteiger partial charge in [0.25, 0.3) is 0 Å². The van der Waals surface area contributed by atoms with E-state index < -0.39 is 0 Å². The van der Waals surface area contributed by atoms with Gasteiger partial charge < -0.3 is 15.5 Å². The van der Waals surface area contributed by atoms with Gasteiger partial charge in [-0.05, 0) is 51.1 Å². The number of aliphatic imine (C=N–C) groups is 1. The lowest BCUT2D eigenvalue weighted by Gasteiger charge is -2.30. The van der Waals surface area contributed by atoms with Crippen LogP contribution in [-0.2, 0) is 6.54 Å². The van der Waals surface area contributed by atoms with Crippen molar-refractivity contribution in [3.05, 3.63) is 16.1 Å². The Morgan fingerprint density at radius 3 is 2.96 bits per heavy atom. The Morgan fingerprint density at radius 2 is 2.28 bits per heavy atom. The van der Waals surface area contributed by atoms with Gasteiger partial charge >= 0.3 is 0 Å². The first kappa shape index (κ1) is 20.2. The summed E-state index contributed by atoms with van der Waals surface area (Å²) in [6.45, 7) is 15.0. The predicted molar refractivity (Wildman–Crippen MR) is 108 cm³/mol. The molecule has 0 radical (unpaired) electrons. The van der Waals surface area contributed by atoms with Crippen molar-refractivity contribution in [2.24, 2.45) is 10.9 Å². The van der Waals surface area contributed by atoms with Gasteiger partial charge in [-0.3, -0.25) is 0 Å². The molecule has 0 aliphatic carbocycles. The van der Waals surface area contributed by atoms with Crippen LogP contribution in [0, 0.1) is 5.92 Å². The molecule has 1 aromatic rings. The molecule has 0 saturated carbocycles. The number of thiazole rings is 1. The van der Waals surface area contributed by atoms with E-state index in [9.17, 15) is 0 Å². The van der Waals surface area contributed by atoms with Crippen molar-refractivity contribution < 1.29 is 0 Å². The average Bonchev–Trinajstić information content (AvgIpc) is 3.06. The summed E-state index contributed by atoms with van der Waals surface area (Å²) in [5.74, 6) is 2.24. The molecular weight excluding hydrogens is 330 g/mol. The van der Waals surface area contributed by atoms with Gasteiger partial charge in [-0.1, -0.05) is 20.8 Å². The normalized spacial score (nSPS) is 19.4. The van der Waals surface area contributed by atoms with E-state index in [0.717, 1.165) is 36.4 Å². The molecule has 0 aromatic carbocycles. The highest BCUT2D eigenvalue weighted by molar-refractivity contribution is 7.09. The quantitative estimate of drug-likeness (QED) is 0.421. The molecule has 0 amide bonds. The number of likely N-dealkylation sites (tertiary alicyclic amines) is 1. The van der Waals surface area contributed by atoms with E-state index in [1.807, 2.05) is 0 Å². The smallest absolute Gasteiger partial charge is 0.191 e. The summed E-state index contributed by atoms with van der Waals surface area (Å²) in [6.07, 6.45) is 3.90. The highest BCUT2D eigenvalue weighted by atomic mass is 32.1. The second-order valence-corrected chi connectivity index (χ2v) is 8.29. The van der Waals surface area contributed by atoms with Crippen LogP contribution >= 0.6 is 11.3 Å². The summed E-state index contributed by atoms with van der Waals surface area (Å²) >= 11 is 1.70. The van der Waals surface area contributed by atoms with Crippen molar-refractivity contribution in [3.8, 4) is 0 Å². The average molecular weight is 366 g/mol. The number of aromatic nitrogens is 1. The lowest BCUT2D eigenvalue weighted by Crippen LogP contribution is -2.40. The summed E-state index contributed by atoms with van der Waals surface area (Å²) < 4.78 is 0. The van der Waals surface area contributed by atoms with Gasteiger partial charge in [0, 0.05) is 25.0 Å². The molecule has 1 unspecified atom stereocenters. The third-order valence-corrected chi connectivity index (χ3v) is 5.41. The monoisotopic (exact) mass is 365 g/mol. The van der Waals surface area contributed by atoms with E-state index in [0.29, 0.717) is 12.5 Å². The van der Waals surface area contributed by atoms with Crippen LogP contribution in [-0.4, -0.2) is 48.6 Å². The topological polar surface area (TPSA) is 52.6 Å². The Hall–Kier alpha value is -1.14. The van der Waals surface area contributed by atoms with Crippen LogP contribution in [0.1, 0.15) is 63.6 Å². The summed E-state index contributed by atoms with van der Waals surface area (Å²) in [5, 5.41) is 10.0. The first-order valence-electron chi connectivity index (χ1n) is 9.77. The Labute approximate surface area is 157 Å². The number of piperidine rings is 1. The van der Waals surface area contributed by atoms with Crippen molar-refractivity contribution >= 4 is 17.3 Å². The van der Waals surface area contributed by atoms with E-state index in [-0.39, 0.29) is 0 Å². The SMILES string of the molecule is CCNC(=NCc1nc(C(C)C)cs1)NCCCN1CCCC(C)C1. The molecule has 2 heterocycles. The van der Waals surface area contributed by atoms with Crippen molar-refractivity contribution in [2.45, 2.75) is 59.4 Å². The predicted octanol–water partition coefficient (Wildman–Crippen LogP) is 3.44. The molecule has 142 valence electrons. The third-order valence-electron chi connectivity index (χ3n) is 4.56. The van der Waals surface area contributed by atoms with Crippen molar-refractivity contribution in [1.29, 1.82) is 0 Å². The van der Waals surface area contributed by atoms with Crippen LogP contribution in [0.2, 0.25) is 0 Å². The molecular formula is C19H35N5S. The van der Waals surface area contributed by atoms with Gasteiger partial charge in [0.2, 0.25) is 0 Å². The van der Waals surface area contributed by atoms with Gasteiger partial charge in [0.15, 0.2) is 5.96 Å². The fourth-order valence-electron chi connectivity index (χ4n) is 3.15. The number of hydrogen-bond donors (Lipinski definition) is 2. The summed E-state index contributed by atoms with van der Waals surface area (Å²) in [5.41, 5.74) is 1.17. The van der Waals surface area contributed by atoms with E-state index in [4.69, 9.17) is 0 Å². The summed E-state index contributed by atoms with van der Waals surface area (Å²) in [6, 6.07) is 0. The van der Waals surface area contributed by atoms with Gasteiger partial charge in [-0.25, -0.2) is 9.98 Å². The molecule has 0 bridgehead atoms. The van der Waals surface area contributed by atoms with Gasteiger partial charge in [0.1, 0.15) is 5.01 Å². The molecule has 25 heavy (non-hydrogen) atoms.